The van der Waals surface area contributed by atoms with Crippen molar-refractivity contribution in [2.75, 3.05) is 5.32 Å². The summed E-state index contributed by atoms with van der Waals surface area (Å²) in [6.45, 7) is -0.500. The third-order valence-electron chi connectivity index (χ3n) is 4.92. The van der Waals surface area contributed by atoms with Crippen LogP contribution < -0.4 is 10.1 Å². The molecule has 0 fully saturated rings. The molecule has 0 saturated carbocycles. The van der Waals surface area contributed by atoms with Gasteiger partial charge in [0.05, 0.1) is 11.3 Å². The fourth-order valence-corrected chi connectivity index (χ4v) is 3.17. The van der Waals surface area contributed by atoms with Crippen molar-refractivity contribution in [3.63, 3.8) is 0 Å². The molecule has 0 unspecified atom stereocenters. The molecule has 0 bridgehead atoms. The first kappa shape index (κ1) is 24.7. The number of carbonyl (C=O) groups excluding carboxylic acids is 1. The second-order valence-corrected chi connectivity index (χ2v) is 7.46. The molecule has 4 rings (SSSR count). The van der Waals surface area contributed by atoms with Crippen LogP contribution in [-0.4, -0.2) is 15.9 Å². The number of rotatable bonds is 6. The van der Waals surface area contributed by atoms with Crippen LogP contribution >= 0.6 is 0 Å². The van der Waals surface area contributed by atoms with Gasteiger partial charge >= 0.3 is 6.18 Å². The van der Waals surface area contributed by atoms with Crippen LogP contribution in [0.1, 0.15) is 21.5 Å². The van der Waals surface area contributed by atoms with E-state index >= 15 is 0 Å². The number of aromatic nitrogens is 2. The maximum Gasteiger partial charge on any atom is 0.419 e. The molecular weight excluding hydrogens is 488 g/mol. The maximum absolute atomic E-state index is 14.0. The number of anilines is 1. The Morgan fingerprint density at radius 1 is 0.917 bits per heavy atom. The van der Waals surface area contributed by atoms with Crippen molar-refractivity contribution in [1.82, 2.24) is 9.97 Å². The topological polar surface area (TPSA) is 64.1 Å². The molecule has 1 amide bonds. The van der Waals surface area contributed by atoms with Crippen molar-refractivity contribution in [1.29, 1.82) is 0 Å². The third-order valence-corrected chi connectivity index (χ3v) is 4.92. The molecule has 3 aromatic carbocycles. The van der Waals surface area contributed by atoms with Gasteiger partial charge in [-0.25, -0.2) is 18.2 Å². The number of amides is 1. The van der Waals surface area contributed by atoms with E-state index in [0.717, 1.165) is 24.4 Å². The van der Waals surface area contributed by atoms with Crippen molar-refractivity contribution < 1.29 is 35.9 Å². The average molecular weight is 503 g/mol. The zero-order chi connectivity index (χ0) is 25.9. The van der Waals surface area contributed by atoms with E-state index in [-0.39, 0.29) is 28.5 Å². The van der Waals surface area contributed by atoms with E-state index in [1.54, 1.807) is 30.3 Å². The molecule has 1 N–H and O–H groups in total. The SMILES string of the molecule is O=C(Nc1ccc(F)cc1F)c1cnc(-c2ccccc2)nc1OCc1ccc(F)c(C(F)(F)F)c1. The van der Waals surface area contributed by atoms with E-state index < -0.39 is 41.7 Å². The van der Waals surface area contributed by atoms with Crippen molar-refractivity contribution in [2.45, 2.75) is 12.8 Å². The number of carbonyl (C=O) groups is 1. The number of hydrogen-bond donors (Lipinski definition) is 1. The lowest BCUT2D eigenvalue weighted by Gasteiger charge is -2.14. The minimum atomic E-state index is -4.92. The summed E-state index contributed by atoms with van der Waals surface area (Å²) in [5.74, 6) is -4.40. The van der Waals surface area contributed by atoms with E-state index in [9.17, 15) is 31.1 Å². The van der Waals surface area contributed by atoms with Crippen LogP contribution in [0.2, 0.25) is 0 Å². The number of hydrogen-bond acceptors (Lipinski definition) is 4. The van der Waals surface area contributed by atoms with Crippen LogP contribution in [0.3, 0.4) is 0 Å². The number of halogens is 6. The largest absolute Gasteiger partial charge is 0.472 e. The van der Waals surface area contributed by atoms with Crippen molar-refractivity contribution >= 4 is 11.6 Å². The number of ether oxygens (including phenoxy) is 1. The van der Waals surface area contributed by atoms with Crippen LogP contribution in [0.5, 0.6) is 5.88 Å². The van der Waals surface area contributed by atoms with Gasteiger partial charge in [0.15, 0.2) is 5.82 Å². The summed E-state index contributed by atoms with van der Waals surface area (Å²) >= 11 is 0. The van der Waals surface area contributed by atoms with Gasteiger partial charge in [-0.05, 0) is 29.8 Å². The summed E-state index contributed by atoms with van der Waals surface area (Å²) in [6.07, 6.45) is -3.81. The zero-order valence-electron chi connectivity index (χ0n) is 18.1. The van der Waals surface area contributed by atoms with Crippen LogP contribution in [-0.2, 0) is 12.8 Å². The van der Waals surface area contributed by atoms with Crippen LogP contribution in [0.25, 0.3) is 11.4 Å². The molecule has 0 aliphatic carbocycles. The third kappa shape index (κ3) is 5.62. The van der Waals surface area contributed by atoms with Gasteiger partial charge in [0, 0.05) is 17.8 Å². The molecule has 184 valence electrons. The Hall–Kier alpha value is -4.41. The number of benzene rings is 3. The molecule has 0 atom stereocenters. The molecule has 5 nitrogen and oxygen atoms in total. The lowest BCUT2D eigenvalue weighted by Crippen LogP contribution is -2.16. The molecule has 0 aliphatic rings. The summed E-state index contributed by atoms with van der Waals surface area (Å²) in [5.41, 5.74) is -1.55. The minimum Gasteiger partial charge on any atom is -0.472 e. The lowest BCUT2D eigenvalue weighted by molar-refractivity contribution is -0.140. The van der Waals surface area contributed by atoms with Gasteiger partial charge in [0.2, 0.25) is 5.88 Å². The fourth-order valence-electron chi connectivity index (χ4n) is 3.17. The summed E-state index contributed by atoms with van der Waals surface area (Å²) in [5, 5.41) is 2.25. The highest BCUT2D eigenvalue weighted by Gasteiger charge is 2.34. The average Bonchev–Trinajstić information content (AvgIpc) is 2.85. The molecule has 0 spiro atoms. The predicted molar refractivity (Wildman–Crippen MR) is 118 cm³/mol. The minimum absolute atomic E-state index is 0.0421. The molecule has 4 aromatic rings. The summed E-state index contributed by atoms with van der Waals surface area (Å²) < 4.78 is 85.5. The Morgan fingerprint density at radius 2 is 1.67 bits per heavy atom. The number of nitrogens with zero attached hydrogens (tertiary/aromatic N) is 2. The number of alkyl halides is 3. The number of nitrogens with one attached hydrogen (secondary N) is 1. The van der Waals surface area contributed by atoms with E-state index in [4.69, 9.17) is 4.74 Å². The Kier molecular flexibility index (Phi) is 6.91. The van der Waals surface area contributed by atoms with Gasteiger partial charge < -0.3 is 10.1 Å². The van der Waals surface area contributed by atoms with Gasteiger partial charge in [-0.1, -0.05) is 36.4 Å². The highest BCUT2D eigenvalue weighted by Crippen LogP contribution is 2.32. The molecular formula is C25H15F6N3O2. The van der Waals surface area contributed by atoms with E-state index in [1.165, 1.54) is 0 Å². The van der Waals surface area contributed by atoms with Crippen molar-refractivity contribution in [3.05, 3.63) is 107 Å². The van der Waals surface area contributed by atoms with Crippen molar-refractivity contribution in [2.24, 2.45) is 0 Å². The first-order chi connectivity index (χ1) is 17.1. The molecule has 11 heteroatoms. The monoisotopic (exact) mass is 503 g/mol. The Morgan fingerprint density at radius 3 is 2.36 bits per heavy atom. The maximum atomic E-state index is 14.0. The zero-order valence-corrected chi connectivity index (χ0v) is 18.1. The van der Waals surface area contributed by atoms with E-state index in [0.29, 0.717) is 23.8 Å². The van der Waals surface area contributed by atoms with Gasteiger partial charge in [-0.15, -0.1) is 0 Å². The van der Waals surface area contributed by atoms with Crippen molar-refractivity contribution in [3.8, 4) is 17.3 Å². The first-order valence-electron chi connectivity index (χ1n) is 10.3. The van der Waals surface area contributed by atoms with E-state index in [2.05, 4.69) is 15.3 Å². The molecule has 1 heterocycles. The van der Waals surface area contributed by atoms with Gasteiger partial charge in [0.1, 0.15) is 29.6 Å². The smallest absolute Gasteiger partial charge is 0.419 e. The van der Waals surface area contributed by atoms with Crippen LogP contribution in [0.15, 0.2) is 72.9 Å². The van der Waals surface area contributed by atoms with Crippen LogP contribution in [0.4, 0.5) is 32.0 Å². The lowest BCUT2D eigenvalue weighted by atomic mass is 10.1. The Labute approximate surface area is 200 Å². The molecule has 0 saturated heterocycles. The highest BCUT2D eigenvalue weighted by atomic mass is 19.4. The first-order valence-corrected chi connectivity index (χ1v) is 10.3. The summed E-state index contributed by atoms with van der Waals surface area (Å²) in [4.78, 5) is 21.2. The standard InChI is InChI=1S/C25H15F6N3O2/c26-16-7-9-21(20(28)11-16)33-23(35)17-12-32-22(15-4-2-1-3-5-15)34-24(17)36-13-14-6-8-19(27)18(10-14)25(29,30)31/h1-12H,13H2,(H,33,35). The second kappa shape index (κ2) is 10.1. The Bertz CT molecular complexity index is 1410. The summed E-state index contributed by atoms with van der Waals surface area (Å²) in [7, 11) is 0. The molecule has 36 heavy (non-hydrogen) atoms. The summed E-state index contributed by atoms with van der Waals surface area (Å²) in [6, 6.07) is 13.4. The van der Waals surface area contributed by atoms with E-state index in [1.807, 2.05) is 0 Å². The Balaban J connectivity index is 1.66. The second-order valence-electron chi connectivity index (χ2n) is 7.46. The highest BCUT2D eigenvalue weighted by molar-refractivity contribution is 6.05. The normalized spacial score (nSPS) is 11.3. The molecule has 0 aliphatic heterocycles. The van der Waals surface area contributed by atoms with Crippen LogP contribution in [0, 0.1) is 17.5 Å². The fraction of sp³-hybridized carbons (Fsp3) is 0.0800. The predicted octanol–water partition coefficient (Wildman–Crippen LogP) is 6.41. The molecule has 1 aromatic heterocycles. The van der Waals surface area contributed by atoms with Gasteiger partial charge in [-0.2, -0.15) is 18.2 Å². The van der Waals surface area contributed by atoms with Gasteiger partial charge in [0.25, 0.3) is 5.91 Å². The molecule has 0 radical (unpaired) electrons. The van der Waals surface area contributed by atoms with Gasteiger partial charge in [-0.3, -0.25) is 4.79 Å². The quantitative estimate of drug-likeness (QED) is 0.309.